The molecule has 2 heteroatoms. The largest absolute Gasteiger partial charge is 0.379 e. The summed E-state index contributed by atoms with van der Waals surface area (Å²) in [5.74, 6) is 0. The smallest absolute Gasteiger partial charge is 0.0661 e. The number of rotatable bonds is 7. The molecule has 96 valence electrons. The van der Waals surface area contributed by atoms with Crippen molar-refractivity contribution < 1.29 is 4.74 Å². The molecule has 0 fully saturated rings. The van der Waals surface area contributed by atoms with E-state index in [2.05, 4.69) is 51.2 Å². The van der Waals surface area contributed by atoms with Crippen LogP contribution in [0.1, 0.15) is 43.0 Å². The molecule has 2 nitrogen and oxygen atoms in total. The van der Waals surface area contributed by atoms with Gasteiger partial charge in [0.1, 0.15) is 0 Å². The highest BCUT2D eigenvalue weighted by Crippen LogP contribution is 2.19. The lowest BCUT2D eigenvalue weighted by Gasteiger charge is -2.20. The fourth-order valence-electron chi connectivity index (χ4n) is 2.07. The Morgan fingerprint density at radius 1 is 1.24 bits per heavy atom. The summed E-state index contributed by atoms with van der Waals surface area (Å²) < 4.78 is 5.67. The molecule has 0 aliphatic rings. The van der Waals surface area contributed by atoms with Crippen molar-refractivity contribution in [3.63, 3.8) is 0 Å². The Balaban J connectivity index is 2.74. The third-order valence-corrected chi connectivity index (χ3v) is 2.88. The number of nitrogens with one attached hydrogen (secondary N) is 1. The zero-order chi connectivity index (χ0) is 12.7. The van der Waals surface area contributed by atoms with E-state index in [1.807, 2.05) is 0 Å². The summed E-state index contributed by atoms with van der Waals surface area (Å²) in [5, 5.41) is 3.49. The molecule has 1 aromatic carbocycles. The number of hydrogen-bond acceptors (Lipinski definition) is 2. The molecule has 0 aliphatic carbocycles. The lowest BCUT2D eigenvalue weighted by molar-refractivity contribution is 0.112. The number of benzene rings is 1. The highest BCUT2D eigenvalue weighted by Gasteiger charge is 2.12. The van der Waals surface area contributed by atoms with Crippen LogP contribution >= 0.6 is 0 Å². The minimum absolute atomic E-state index is 0.312. The standard InChI is InChI=1S/C15H25NO/c1-5-9-17-11-15(16-6-2)14-8-7-12(3)10-13(14)4/h7-8,10,15-16H,5-6,9,11H2,1-4H3. The summed E-state index contributed by atoms with van der Waals surface area (Å²) in [6, 6.07) is 6.94. The predicted octanol–water partition coefficient (Wildman–Crippen LogP) is 3.38. The van der Waals surface area contributed by atoms with Crippen molar-refractivity contribution in [2.24, 2.45) is 0 Å². The summed E-state index contributed by atoms with van der Waals surface area (Å²) in [6.45, 7) is 11.1. The van der Waals surface area contributed by atoms with Crippen molar-refractivity contribution in [2.75, 3.05) is 19.8 Å². The van der Waals surface area contributed by atoms with E-state index in [0.717, 1.165) is 26.2 Å². The first-order valence-corrected chi connectivity index (χ1v) is 6.57. The van der Waals surface area contributed by atoms with Crippen molar-refractivity contribution in [1.82, 2.24) is 5.32 Å². The second kappa shape index (κ2) is 7.46. The second-order valence-electron chi connectivity index (χ2n) is 4.55. The second-order valence-corrected chi connectivity index (χ2v) is 4.55. The minimum Gasteiger partial charge on any atom is -0.379 e. The summed E-state index contributed by atoms with van der Waals surface area (Å²) in [7, 11) is 0. The van der Waals surface area contributed by atoms with Crippen LogP contribution in [0, 0.1) is 13.8 Å². The first kappa shape index (κ1) is 14.2. The average Bonchev–Trinajstić information content (AvgIpc) is 2.28. The van der Waals surface area contributed by atoms with E-state index in [-0.39, 0.29) is 0 Å². The van der Waals surface area contributed by atoms with Gasteiger partial charge in [-0.3, -0.25) is 0 Å². The predicted molar refractivity (Wildman–Crippen MR) is 73.4 cm³/mol. The molecular weight excluding hydrogens is 210 g/mol. The van der Waals surface area contributed by atoms with Gasteiger partial charge in [0.25, 0.3) is 0 Å². The van der Waals surface area contributed by atoms with Gasteiger partial charge in [-0.1, -0.05) is 37.6 Å². The average molecular weight is 235 g/mol. The highest BCUT2D eigenvalue weighted by atomic mass is 16.5. The van der Waals surface area contributed by atoms with Crippen LogP contribution < -0.4 is 5.32 Å². The third kappa shape index (κ3) is 4.49. The van der Waals surface area contributed by atoms with Crippen molar-refractivity contribution in [1.29, 1.82) is 0 Å². The molecule has 0 bridgehead atoms. The zero-order valence-corrected chi connectivity index (χ0v) is 11.5. The summed E-state index contributed by atoms with van der Waals surface area (Å²) in [4.78, 5) is 0. The fraction of sp³-hybridized carbons (Fsp3) is 0.600. The third-order valence-electron chi connectivity index (χ3n) is 2.88. The van der Waals surface area contributed by atoms with E-state index in [0.29, 0.717) is 6.04 Å². The van der Waals surface area contributed by atoms with Crippen LogP contribution in [0.3, 0.4) is 0 Å². The van der Waals surface area contributed by atoms with Crippen molar-refractivity contribution >= 4 is 0 Å². The van der Waals surface area contributed by atoms with Gasteiger partial charge in [0, 0.05) is 6.61 Å². The maximum Gasteiger partial charge on any atom is 0.0661 e. The molecule has 0 heterocycles. The molecule has 1 rings (SSSR count). The quantitative estimate of drug-likeness (QED) is 0.732. The van der Waals surface area contributed by atoms with Crippen LogP contribution in [0.5, 0.6) is 0 Å². The highest BCUT2D eigenvalue weighted by molar-refractivity contribution is 5.32. The number of ether oxygens (including phenoxy) is 1. The first-order valence-electron chi connectivity index (χ1n) is 6.57. The van der Waals surface area contributed by atoms with Crippen LogP contribution in [-0.4, -0.2) is 19.8 Å². The normalized spacial score (nSPS) is 12.7. The SMILES string of the molecule is CCCOCC(NCC)c1ccc(C)cc1C. The molecule has 0 amide bonds. The van der Waals surface area contributed by atoms with Gasteiger partial charge in [-0.2, -0.15) is 0 Å². The molecule has 1 aromatic rings. The first-order chi connectivity index (χ1) is 8.19. The number of hydrogen-bond donors (Lipinski definition) is 1. The maximum absolute atomic E-state index is 5.67. The summed E-state index contributed by atoms with van der Waals surface area (Å²) in [5.41, 5.74) is 4.01. The van der Waals surface area contributed by atoms with Gasteiger partial charge in [-0.25, -0.2) is 0 Å². The lowest BCUT2D eigenvalue weighted by Crippen LogP contribution is -2.26. The molecule has 1 unspecified atom stereocenters. The molecule has 0 saturated carbocycles. The Hall–Kier alpha value is -0.860. The van der Waals surface area contributed by atoms with Gasteiger partial charge in [0.15, 0.2) is 0 Å². The molecule has 0 aliphatic heterocycles. The molecule has 0 radical (unpaired) electrons. The Morgan fingerprint density at radius 3 is 2.59 bits per heavy atom. The molecule has 17 heavy (non-hydrogen) atoms. The van der Waals surface area contributed by atoms with Gasteiger partial charge in [0.05, 0.1) is 12.6 Å². The van der Waals surface area contributed by atoms with E-state index < -0.39 is 0 Å². The lowest BCUT2D eigenvalue weighted by atomic mass is 9.99. The molecule has 0 spiro atoms. The fourth-order valence-corrected chi connectivity index (χ4v) is 2.07. The summed E-state index contributed by atoms with van der Waals surface area (Å²) >= 11 is 0. The Labute approximate surface area is 105 Å². The van der Waals surface area contributed by atoms with Gasteiger partial charge in [-0.05, 0) is 37.9 Å². The molecular formula is C15H25NO. The van der Waals surface area contributed by atoms with Crippen molar-refractivity contribution in [3.05, 3.63) is 34.9 Å². The van der Waals surface area contributed by atoms with Crippen LogP contribution in [0.25, 0.3) is 0 Å². The van der Waals surface area contributed by atoms with Crippen LogP contribution in [0.2, 0.25) is 0 Å². The number of likely N-dealkylation sites (N-methyl/N-ethyl adjacent to an activating group) is 1. The molecule has 0 saturated heterocycles. The maximum atomic E-state index is 5.67. The molecule has 1 N–H and O–H groups in total. The van der Waals surface area contributed by atoms with E-state index in [1.165, 1.54) is 16.7 Å². The number of aryl methyl sites for hydroxylation is 2. The zero-order valence-electron chi connectivity index (χ0n) is 11.5. The van der Waals surface area contributed by atoms with Crippen LogP contribution in [0.4, 0.5) is 0 Å². The van der Waals surface area contributed by atoms with E-state index in [1.54, 1.807) is 0 Å². The van der Waals surface area contributed by atoms with Crippen molar-refractivity contribution in [3.8, 4) is 0 Å². The van der Waals surface area contributed by atoms with Crippen LogP contribution in [0.15, 0.2) is 18.2 Å². The van der Waals surface area contributed by atoms with Gasteiger partial charge >= 0.3 is 0 Å². The molecule has 1 atom stereocenters. The van der Waals surface area contributed by atoms with E-state index in [4.69, 9.17) is 4.74 Å². The Bertz CT molecular complexity index is 336. The van der Waals surface area contributed by atoms with Gasteiger partial charge in [-0.15, -0.1) is 0 Å². The van der Waals surface area contributed by atoms with Crippen LogP contribution in [-0.2, 0) is 4.74 Å². The van der Waals surface area contributed by atoms with Gasteiger partial charge < -0.3 is 10.1 Å². The van der Waals surface area contributed by atoms with E-state index >= 15 is 0 Å². The van der Waals surface area contributed by atoms with E-state index in [9.17, 15) is 0 Å². The minimum atomic E-state index is 0.312. The van der Waals surface area contributed by atoms with Crippen molar-refractivity contribution in [2.45, 2.75) is 40.2 Å². The van der Waals surface area contributed by atoms with Gasteiger partial charge in [0.2, 0.25) is 0 Å². The topological polar surface area (TPSA) is 21.3 Å². The summed E-state index contributed by atoms with van der Waals surface area (Å²) in [6.07, 6.45) is 1.08. The Kier molecular flexibility index (Phi) is 6.23. The molecule has 0 aromatic heterocycles. The monoisotopic (exact) mass is 235 g/mol. The Morgan fingerprint density at radius 2 is 2.00 bits per heavy atom.